The highest BCUT2D eigenvalue weighted by molar-refractivity contribution is 6.31. The lowest BCUT2D eigenvalue weighted by atomic mass is 10.2. The summed E-state index contributed by atoms with van der Waals surface area (Å²) in [6, 6.07) is 1.05. The van der Waals surface area contributed by atoms with Crippen molar-refractivity contribution in [3.63, 3.8) is 0 Å². The van der Waals surface area contributed by atoms with Gasteiger partial charge in [-0.3, -0.25) is 0 Å². The van der Waals surface area contributed by atoms with E-state index in [-0.39, 0.29) is 22.9 Å². The lowest BCUT2D eigenvalue weighted by Crippen LogP contribution is -2.00. The van der Waals surface area contributed by atoms with E-state index in [1.807, 2.05) is 0 Å². The maximum absolute atomic E-state index is 13.3. The zero-order valence-electron chi connectivity index (χ0n) is 7.33. The summed E-state index contributed by atoms with van der Waals surface area (Å²) in [6.07, 6.45) is 0. The average Bonchev–Trinajstić information content (AvgIpc) is 2.09. The van der Waals surface area contributed by atoms with Crippen LogP contribution in [0.25, 0.3) is 0 Å². The summed E-state index contributed by atoms with van der Waals surface area (Å²) in [4.78, 5) is 0. The summed E-state index contributed by atoms with van der Waals surface area (Å²) in [6.45, 7) is 3.34. The molecule has 72 valence electrons. The SMILES string of the molecule is CCOc1c(F)cc(Cl)c(C)c1F. The molecule has 0 aliphatic heterocycles. The zero-order valence-corrected chi connectivity index (χ0v) is 8.08. The van der Waals surface area contributed by atoms with E-state index >= 15 is 0 Å². The molecule has 1 nitrogen and oxygen atoms in total. The van der Waals surface area contributed by atoms with E-state index in [4.69, 9.17) is 16.3 Å². The van der Waals surface area contributed by atoms with Crippen molar-refractivity contribution in [2.45, 2.75) is 13.8 Å². The molecule has 0 saturated carbocycles. The van der Waals surface area contributed by atoms with Crippen molar-refractivity contribution in [1.82, 2.24) is 0 Å². The van der Waals surface area contributed by atoms with Crippen LogP contribution in [0.1, 0.15) is 12.5 Å². The van der Waals surface area contributed by atoms with Crippen molar-refractivity contribution in [3.05, 3.63) is 28.3 Å². The Hall–Kier alpha value is -0.830. The molecule has 0 aliphatic rings. The second kappa shape index (κ2) is 3.92. The van der Waals surface area contributed by atoms with Gasteiger partial charge in [0.25, 0.3) is 0 Å². The van der Waals surface area contributed by atoms with Crippen LogP contribution < -0.4 is 4.74 Å². The fourth-order valence-electron chi connectivity index (χ4n) is 0.942. The minimum atomic E-state index is -0.769. The van der Waals surface area contributed by atoms with E-state index in [9.17, 15) is 8.78 Å². The Labute approximate surface area is 80.3 Å². The van der Waals surface area contributed by atoms with Crippen molar-refractivity contribution in [1.29, 1.82) is 0 Å². The van der Waals surface area contributed by atoms with E-state index in [2.05, 4.69) is 0 Å². The summed E-state index contributed by atoms with van der Waals surface area (Å²) in [7, 11) is 0. The number of hydrogen-bond donors (Lipinski definition) is 0. The summed E-state index contributed by atoms with van der Waals surface area (Å²) >= 11 is 5.56. The first-order chi connectivity index (χ1) is 6.07. The largest absolute Gasteiger partial charge is 0.488 e. The van der Waals surface area contributed by atoms with E-state index in [1.165, 1.54) is 6.92 Å². The van der Waals surface area contributed by atoms with Crippen molar-refractivity contribution in [2.75, 3.05) is 6.61 Å². The number of ether oxygens (including phenoxy) is 1. The van der Waals surface area contributed by atoms with Crippen LogP contribution in [-0.2, 0) is 0 Å². The average molecular weight is 207 g/mol. The molecule has 0 aliphatic carbocycles. The second-order valence-corrected chi connectivity index (χ2v) is 2.95. The number of halogens is 3. The van der Waals surface area contributed by atoms with Gasteiger partial charge in [-0.05, 0) is 19.9 Å². The minimum absolute atomic E-state index is 0.0680. The molecule has 1 rings (SSSR count). The molecular formula is C9H9ClF2O. The van der Waals surface area contributed by atoms with Crippen LogP contribution in [0, 0.1) is 18.6 Å². The van der Waals surface area contributed by atoms with Gasteiger partial charge in [0.05, 0.1) is 6.61 Å². The Balaban J connectivity index is 3.26. The number of rotatable bonds is 2. The van der Waals surface area contributed by atoms with Crippen LogP contribution in [-0.4, -0.2) is 6.61 Å². The fraction of sp³-hybridized carbons (Fsp3) is 0.333. The predicted octanol–water partition coefficient (Wildman–Crippen LogP) is 3.33. The van der Waals surface area contributed by atoms with Crippen molar-refractivity contribution >= 4 is 11.6 Å². The topological polar surface area (TPSA) is 9.23 Å². The maximum atomic E-state index is 13.3. The standard InChI is InChI=1S/C9H9ClF2O/c1-3-13-9-7(11)4-6(10)5(2)8(9)12/h4H,3H2,1-2H3. The molecule has 0 fully saturated rings. The zero-order chi connectivity index (χ0) is 10.0. The Kier molecular flexibility index (Phi) is 3.09. The van der Waals surface area contributed by atoms with Crippen molar-refractivity contribution in [2.24, 2.45) is 0 Å². The second-order valence-electron chi connectivity index (χ2n) is 2.54. The number of benzene rings is 1. The van der Waals surface area contributed by atoms with E-state index in [1.54, 1.807) is 6.92 Å². The monoisotopic (exact) mass is 206 g/mol. The first kappa shape index (κ1) is 10.3. The van der Waals surface area contributed by atoms with Gasteiger partial charge in [-0.2, -0.15) is 0 Å². The molecule has 13 heavy (non-hydrogen) atoms. The van der Waals surface area contributed by atoms with Gasteiger partial charge in [0.2, 0.25) is 0 Å². The highest BCUT2D eigenvalue weighted by atomic mass is 35.5. The first-order valence-corrected chi connectivity index (χ1v) is 4.22. The van der Waals surface area contributed by atoms with Gasteiger partial charge < -0.3 is 4.74 Å². The fourth-order valence-corrected chi connectivity index (χ4v) is 1.12. The van der Waals surface area contributed by atoms with Crippen LogP contribution in [0.5, 0.6) is 5.75 Å². The molecule has 0 unspecified atom stereocenters. The van der Waals surface area contributed by atoms with Gasteiger partial charge in [0.1, 0.15) is 0 Å². The molecule has 1 aromatic rings. The van der Waals surface area contributed by atoms with E-state index in [0.29, 0.717) is 0 Å². The van der Waals surface area contributed by atoms with Gasteiger partial charge in [0, 0.05) is 10.6 Å². The molecule has 0 radical (unpaired) electrons. The lowest BCUT2D eigenvalue weighted by molar-refractivity contribution is 0.302. The highest BCUT2D eigenvalue weighted by Gasteiger charge is 2.15. The van der Waals surface area contributed by atoms with Crippen molar-refractivity contribution < 1.29 is 13.5 Å². The predicted molar refractivity (Wildman–Crippen MR) is 47.3 cm³/mol. The lowest BCUT2D eigenvalue weighted by Gasteiger charge is -2.08. The molecule has 1 aromatic carbocycles. The molecule has 0 spiro atoms. The molecule has 4 heteroatoms. The smallest absolute Gasteiger partial charge is 0.191 e. The normalized spacial score (nSPS) is 10.2. The van der Waals surface area contributed by atoms with Gasteiger partial charge >= 0.3 is 0 Å². The third-order valence-corrected chi connectivity index (χ3v) is 2.04. The van der Waals surface area contributed by atoms with Crippen LogP contribution in [0.15, 0.2) is 6.07 Å². The minimum Gasteiger partial charge on any atom is -0.488 e. The third-order valence-electron chi connectivity index (χ3n) is 1.65. The molecular weight excluding hydrogens is 198 g/mol. The molecule has 0 heterocycles. The van der Waals surface area contributed by atoms with Crippen LogP contribution in [0.3, 0.4) is 0 Å². The van der Waals surface area contributed by atoms with Gasteiger partial charge in [0.15, 0.2) is 17.4 Å². The maximum Gasteiger partial charge on any atom is 0.191 e. The molecule has 0 amide bonds. The summed E-state index contributed by atoms with van der Waals surface area (Å²) in [5, 5.41) is 0.0680. The molecule has 0 aromatic heterocycles. The highest BCUT2D eigenvalue weighted by Crippen LogP contribution is 2.29. The Morgan fingerprint density at radius 2 is 2.08 bits per heavy atom. The molecule has 0 bridgehead atoms. The van der Waals surface area contributed by atoms with E-state index in [0.717, 1.165) is 6.07 Å². The van der Waals surface area contributed by atoms with E-state index < -0.39 is 11.6 Å². The van der Waals surface area contributed by atoms with Crippen LogP contribution in [0.4, 0.5) is 8.78 Å². The molecule has 0 saturated heterocycles. The van der Waals surface area contributed by atoms with Gasteiger partial charge in [-0.1, -0.05) is 11.6 Å². The Morgan fingerprint density at radius 1 is 1.46 bits per heavy atom. The summed E-state index contributed by atoms with van der Waals surface area (Å²) in [5.74, 6) is -1.86. The Morgan fingerprint density at radius 3 is 2.62 bits per heavy atom. The van der Waals surface area contributed by atoms with Crippen LogP contribution >= 0.6 is 11.6 Å². The summed E-state index contributed by atoms with van der Waals surface area (Å²) < 4.78 is 31.1. The third kappa shape index (κ3) is 1.91. The van der Waals surface area contributed by atoms with Gasteiger partial charge in [-0.15, -0.1) is 0 Å². The summed E-state index contributed by atoms with van der Waals surface area (Å²) in [5.41, 5.74) is 0.200. The van der Waals surface area contributed by atoms with Crippen LogP contribution in [0.2, 0.25) is 5.02 Å². The first-order valence-electron chi connectivity index (χ1n) is 3.84. The quantitative estimate of drug-likeness (QED) is 0.721. The van der Waals surface area contributed by atoms with Crippen molar-refractivity contribution in [3.8, 4) is 5.75 Å². The molecule has 0 atom stereocenters. The Bertz CT molecular complexity index is 326. The number of hydrogen-bond acceptors (Lipinski definition) is 1. The van der Waals surface area contributed by atoms with Gasteiger partial charge in [-0.25, -0.2) is 8.78 Å². The molecule has 0 N–H and O–H groups in total.